The highest BCUT2D eigenvalue weighted by Crippen LogP contribution is 2.33. The quantitative estimate of drug-likeness (QED) is 0.878. The third-order valence-electron chi connectivity index (χ3n) is 4.66. The Bertz CT molecular complexity index is 739. The summed E-state index contributed by atoms with van der Waals surface area (Å²) in [7, 11) is 0. The monoisotopic (exact) mass is 372 g/mol. The molecule has 2 heterocycles. The number of carbonyl (C=O) groups excluding carboxylic acids is 2. The van der Waals surface area contributed by atoms with Crippen LogP contribution in [0.5, 0.6) is 5.75 Å². The van der Waals surface area contributed by atoms with Crippen molar-refractivity contribution in [1.29, 1.82) is 0 Å². The Morgan fingerprint density at radius 2 is 1.85 bits per heavy atom. The van der Waals surface area contributed by atoms with E-state index in [0.29, 0.717) is 25.2 Å². The van der Waals surface area contributed by atoms with E-state index in [-0.39, 0.29) is 19.4 Å². The highest BCUT2D eigenvalue weighted by Gasteiger charge is 2.52. The summed E-state index contributed by atoms with van der Waals surface area (Å²) in [5.74, 6) is -3.89. The van der Waals surface area contributed by atoms with Crippen molar-refractivity contribution >= 4 is 12.2 Å². The van der Waals surface area contributed by atoms with E-state index in [1.807, 2.05) is 0 Å². The van der Waals surface area contributed by atoms with Crippen molar-refractivity contribution in [1.82, 2.24) is 10.2 Å². The lowest BCUT2D eigenvalue weighted by molar-refractivity contribution is -0.0517. The van der Waals surface area contributed by atoms with Crippen LogP contribution in [-0.2, 0) is 9.47 Å². The molecule has 0 unspecified atom stereocenters. The first-order valence-corrected chi connectivity index (χ1v) is 8.05. The van der Waals surface area contributed by atoms with E-state index < -0.39 is 53.1 Å². The van der Waals surface area contributed by atoms with Crippen LogP contribution in [-0.4, -0.2) is 54.5 Å². The van der Waals surface area contributed by atoms with E-state index in [0.717, 1.165) is 0 Å². The second kappa shape index (κ2) is 5.96. The van der Waals surface area contributed by atoms with E-state index in [1.165, 1.54) is 4.90 Å². The van der Waals surface area contributed by atoms with Crippen molar-refractivity contribution < 1.29 is 37.0 Å². The number of benzene rings is 1. The molecule has 1 aromatic carbocycles. The van der Waals surface area contributed by atoms with Crippen LogP contribution in [0.15, 0.2) is 12.1 Å². The highest BCUT2D eigenvalue weighted by molar-refractivity contribution is 5.74. The first-order chi connectivity index (χ1) is 12.3. The highest BCUT2D eigenvalue weighted by atomic mass is 19.1. The van der Waals surface area contributed by atoms with Crippen molar-refractivity contribution in [3.63, 3.8) is 0 Å². The van der Waals surface area contributed by atoms with Crippen molar-refractivity contribution in [2.75, 3.05) is 19.7 Å². The number of carbonyl (C=O) groups is 2. The third-order valence-corrected chi connectivity index (χ3v) is 4.66. The molecule has 140 valence electrons. The van der Waals surface area contributed by atoms with Gasteiger partial charge in [-0.1, -0.05) is 0 Å². The first-order valence-electron chi connectivity index (χ1n) is 8.05. The minimum Gasteiger partial charge on any atom is -0.484 e. The number of hydrogen-bond donors (Lipinski definition) is 1. The summed E-state index contributed by atoms with van der Waals surface area (Å²) in [4.78, 5) is 24.5. The molecule has 0 bridgehead atoms. The maximum absolute atomic E-state index is 13.5. The van der Waals surface area contributed by atoms with Gasteiger partial charge in [0.1, 0.15) is 30.2 Å². The summed E-state index contributed by atoms with van der Waals surface area (Å²) >= 11 is 0. The van der Waals surface area contributed by atoms with Gasteiger partial charge in [0.2, 0.25) is 0 Å². The molecule has 2 saturated heterocycles. The zero-order chi connectivity index (χ0) is 18.5. The number of nitrogens with zero attached hydrogens (tertiary/aromatic N) is 1. The van der Waals surface area contributed by atoms with Gasteiger partial charge in [0, 0.05) is 25.0 Å². The molecule has 1 spiro atoms. The van der Waals surface area contributed by atoms with Crippen LogP contribution in [0.2, 0.25) is 0 Å². The van der Waals surface area contributed by atoms with E-state index in [9.17, 15) is 22.8 Å². The third kappa shape index (κ3) is 2.99. The van der Waals surface area contributed by atoms with Crippen molar-refractivity contribution in [3.8, 4) is 5.75 Å². The number of ether oxygens (including phenoxy) is 3. The van der Waals surface area contributed by atoms with Crippen molar-refractivity contribution in [2.45, 2.75) is 30.6 Å². The minimum atomic E-state index is -1.12. The van der Waals surface area contributed by atoms with Gasteiger partial charge >= 0.3 is 12.2 Å². The summed E-state index contributed by atoms with van der Waals surface area (Å²) < 4.78 is 55.2. The predicted molar refractivity (Wildman–Crippen MR) is 79.0 cm³/mol. The molecule has 3 fully saturated rings. The second-order valence-corrected chi connectivity index (χ2v) is 6.75. The van der Waals surface area contributed by atoms with Crippen molar-refractivity contribution in [3.05, 3.63) is 29.6 Å². The lowest BCUT2D eigenvalue weighted by atomic mass is 9.91. The van der Waals surface area contributed by atoms with Gasteiger partial charge in [-0.25, -0.2) is 22.8 Å². The fourth-order valence-corrected chi connectivity index (χ4v) is 3.21. The van der Waals surface area contributed by atoms with Crippen LogP contribution in [0.25, 0.3) is 0 Å². The first kappa shape index (κ1) is 16.8. The van der Waals surface area contributed by atoms with Gasteiger partial charge in [0.05, 0.1) is 13.1 Å². The zero-order valence-corrected chi connectivity index (χ0v) is 13.5. The van der Waals surface area contributed by atoms with Gasteiger partial charge in [-0.3, -0.25) is 0 Å². The maximum Gasteiger partial charge on any atom is 0.410 e. The fraction of sp³-hybridized carbons (Fsp3) is 0.500. The predicted octanol–water partition coefficient (Wildman–Crippen LogP) is 1.94. The van der Waals surface area contributed by atoms with E-state index in [4.69, 9.17) is 14.2 Å². The Morgan fingerprint density at radius 1 is 1.19 bits per heavy atom. The number of likely N-dealkylation sites (tertiary alicyclic amines) is 1. The van der Waals surface area contributed by atoms with Crippen LogP contribution < -0.4 is 10.1 Å². The molecule has 0 atom stereocenters. The fourth-order valence-electron chi connectivity index (χ4n) is 3.21. The van der Waals surface area contributed by atoms with E-state index in [2.05, 4.69) is 5.32 Å². The van der Waals surface area contributed by atoms with E-state index >= 15 is 0 Å². The Hall–Kier alpha value is -2.65. The normalized spacial score (nSPS) is 25.8. The standard InChI is InChI=1S/C16H15F3N2O5/c17-8-1-11(18)13(12(19)2-8)25-9-3-10(4-9)26-15(23)21-5-16(6-21)7-24-14(22)20-16/h1-2,9-10H,3-7H2,(H,20,22)/t9-,10+. The zero-order valence-electron chi connectivity index (χ0n) is 13.5. The van der Waals surface area contributed by atoms with E-state index in [1.54, 1.807) is 0 Å². The summed E-state index contributed by atoms with van der Waals surface area (Å²) in [6, 6.07) is 1.08. The molecular weight excluding hydrogens is 357 g/mol. The van der Waals surface area contributed by atoms with Gasteiger partial charge < -0.3 is 24.4 Å². The Kier molecular flexibility index (Phi) is 3.85. The number of cyclic esters (lactones) is 1. The Morgan fingerprint density at radius 3 is 2.42 bits per heavy atom. The van der Waals surface area contributed by atoms with Crippen LogP contribution >= 0.6 is 0 Å². The molecule has 26 heavy (non-hydrogen) atoms. The maximum atomic E-state index is 13.5. The molecule has 2 aliphatic heterocycles. The number of rotatable bonds is 3. The number of nitrogens with one attached hydrogen (secondary N) is 1. The second-order valence-electron chi connectivity index (χ2n) is 6.75. The van der Waals surface area contributed by atoms with Gasteiger partial charge in [-0.2, -0.15) is 0 Å². The molecule has 3 aliphatic rings. The SMILES string of the molecule is O=C1NC2(CO1)CN(C(=O)O[C@H]1C[C@@H](Oc3c(F)cc(F)cc3F)C1)C2. The molecule has 4 rings (SSSR count). The molecule has 1 N–H and O–H groups in total. The summed E-state index contributed by atoms with van der Waals surface area (Å²) in [5, 5.41) is 2.65. The molecule has 2 amide bonds. The summed E-state index contributed by atoms with van der Waals surface area (Å²) in [6.45, 7) is 0.816. The van der Waals surface area contributed by atoms with Gasteiger partial charge in [0.25, 0.3) is 0 Å². The number of alkyl carbamates (subject to hydrolysis) is 1. The van der Waals surface area contributed by atoms with Gasteiger partial charge in [-0.15, -0.1) is 0 Å². The molecule has 1 aromatic rings. The number of hydrogen-bond acceptors (Lipinski definition) is 5. The van der Waals surface area contributed by atoms with Gasteiger partial charge in [0.15, 0.2) is 17.4 Å². The molecule has 10 heteroatoms. The average Bonchev–Trinajstić information content (AvgIpc) is 2.88. The van der Waals surface area contributed by atoms with Gasteiger partial charge in [-0.05, 0) is 0 Å². The molecule has 0 radical (unpaired) electrons. The lowest BCUT2D eigenvalue weighted by Gasteiger charge is -2.46. The topological polar surface area (TPSA) is 77.1 Å². The van der Waals surface area contributed by atoms with Crippen LogP contribution in [0.4, 0.5) is 22.8 Å². The molecule has 1 aliphatic carbocycles. The van der Waals surface area contributed by atoms with Crippen molar-refractivity contribution in [2.24, 2.45) is 0 Å². The van der Waals surface area contributed by atoms with Crippen LogP contribution in [0, 0.1) is 17.5 Å². The largest absolute Gasteiger partial charge is 0.484 e. The number of halogens is 3. The lowest BCUT2D eigenvalue weighted by Crippen LogP contribution is -2.70. The average molecular weight is 372 g/mol. The Balaban J connectivity index is 1.22. The Labute approximate surface area is 146 Å². The molecular formula is C16H15F3N2O5. The van der Waals surface area contributed by atoms with Crippen LogP contribution in [0.1, 0.15) is 12.8 Å². The molecule has 7 nitrogen and oxygen atoms in total. The number of amides is 2. The summed E-state index contributed by atoms with van der Waals surface area (Å²) in [5.41, 5.74) is -0.529. The van der Waals surface area contributed by atoms with Crippen LogP contribution in [0.3, 0.4) is 0 Å². The molecule has 0 aromatic heterocycles. The minimum absolute atomic E-state index is 0.212. The smallest absolute Gasteiger partial charge is 0.410 e. The molecule has 1 saturated carbocycles. The summed E-state index contributed by atoms with van der Waals surface area (Å²) in [6.07, 6.45) is -1.42.